The third-order valence-corrected chi connectivity index (χ3v) is 8.14. The maximum Gasteiger partial charge on any atom is 0.319 e. The smallest absolute Gasteiger partial charge is 0.319 e. The number of carbonyl (C=O) groups is 1. The molecule has 2 aromatic rings. The zero-order valence-electron chi connectivity index (χ0n) is 17.6. The molecule has 0 radical (unpaired) electrons. The lowest BCUT2D eigenvalue weighted by Gasteiger charge is -2.57. The SMILES string of the molecule is O=C(NCc1nnc2n1CCCC2)Nc1ccc(C23CC4CC(CC(C4)C2)C3)cc1. The molecular formula is C24H31N5O. The predicted molar refractivity (Wildman–Crippen MR) is 115 cm³/mol. The van der Waals surface area contributed by atoms with E-state index in [0.717, 1.165) is 54.5 Å². The van der Waals surface area contributed by atoms with Gasteiger partial charge in [-0.2, -0.15) is 0 Å². The number of fused-ring (bicyclic) bond motifs is 1. The van der Waals surface area contributed by atoms with Crippen molar-refractivity contribution in [1.29, 1.82) is 0 Å². The van der Waals surface area contributed by atoms with E-state index in [1.807, 2.05) is 0 Å². The Balaban J connectivity index is 1.09. The lowest BCUT2D eigenvalue weighted by atomic mass is 9.48. The first-order valence-corrected chi connectivity index (χ1v) is 11.7. The van der Waals surface area contributed by atoms with Gasteiger partial charge in [0.25, 0.3) is 0 Å². The Morgan fingerprint density at radius 1 is 1.00 bits per heavy atom. The Hall–Kier alpha value is -2.37. The number of benzene rings is 1. The molecule has 4 bridgehead atoms. The van der Waals surface area contributed by atoms with Crippen LogP contribution in [0.25, 0.3) is 0 Å². The number of carbonyl (C=O) groups excluding carboxylic acids is 1. The van der Waals surface area contributed by atoms with Crippen LogP contribution in [0.1, 0.15) is 68.6 Å². The largest absolute Gasteiger partial charge is 0.331 e. The van der Waals surface area contributed by atoms with Gasteiger partial charge in [0.1, 0.15) is 5.82 Å². The minimum Gasteiger partial charge on any atom is -0.331 e. The van der Waals surface area contributed by atoms with Crippen LogP contribution in [0.15, 0.2) is 24.3 Å². The van der Waals surface area contributed by atoms with E-state index in [9.17, 15) is 4.79 Å². The highest BCUT2D eigenvalue weighted by Crippen LogP contribution is 2.60. The molecule has 1 aromatic heterocycles. The maximum absolute atomic E-state index is 12.4. The number of urea groups is 1. The van der Waals surface area contributed by atoms with Crippen molar-refractivity contribution in [2.45, 2.75) is 76.3 Å². The molecule has 4 saturated carbocycles. The molecule has 6 nitrogen and oxygen atoms in total. The van der Waals surface area contributed by atoms with E-state index in [4.69, 9.17) is 0 Å². The number of anilines is 1. The lowest BCUT2D eigenvalue weighted by Crippen LogP contribution is -2.48. The fourth-order valence-electron chi connectivity index (χ4n) is 7.21. The summed E-state index contributed by atoms with van der Waals surface area (Å²) < 4.78 is 2.14. The number of aryl methyl sites for hydroxylation is 1. The summed E-state index contributed by atoms with van der Waals surface area (Å²) in [5.74, 6) is 4.73. The highest BCUT2D eigenvalue weighted by molar-refractivity contribution is 5.89. The van der Waals surface area contributed by atoms with Crippen LogP contribution in [0.3, 0.4) is 0 Å². The van der Waals surface area contributed by atoms with E-state index in [0.29, 0.717) is 12.0 Å². The van der Waals surface area contributed by atoms with Crippen LogP contribution in [0.2, 0.25) is 0 Å². The van der Waals surface area contributed by atoms with Gasteiger partial charge in [-0.25, -0.2) is 4.79 Å². The molecule has 4 fully saturated rings. The number of hydrogen-bond donors (Lipinski definition) is 2. The first kappa shape index (κ1) is 18.4. The predicted octanol–water partition coefficient (Wildman–Crippen LogP) is 4.40. The number of nitrogens with one attached hydrogen (secondary N) is 2. The zero-order valence-corrected chi connectivity index (χ0v) is 17.6. The Bertz CT molecular complexity index is 912. The van der Waals surface area contributed by atoms with E-state index in [-0.39, 0.29) is 6.03 Å². The molecule has 2 amide bonds. The number of hydrogen-bond acceptors (Lipinski definition) is 3. The third kappa shape index (κ3) is 3.21. The van der Waals surface area contributed by atoms with Crippen molar-refractivity contribution in [3.05, 3.63) is 41.5 Å². The molecule has 2 N–H and O–H groups in total. The van der Waals surface area contributed by atoms with E-state index in [2.05, 4.69) is 49.7 Å². The molecular weight excluding hydrogens is 374 g/mol. The second kappa shape index (κ2) is 7.10. The molecule has 1 aromatic carbocycles. The molecule has 0 saturated heterocycles. The minimum atomic E-state index is -0.189. The van der Waals surface area contributed by atoms with Gasteiger partial charge in [-0.3, -0.25) is 0 Å². The summed E-state index contributed by atoms with van der Waals surface area (Å²) in [5, 5.41) is 14.4. The summed E-state index contributed by atoms with van der Waals surface area (Å²) in [5.41, 5.74) is 2.74. The minimum absolute atomic E-state index is 0.189. The number of amides is 2. The van der Waals surface area contributed by atoms with Crippen molar-refractivity contribution in [3.8, 4) is 0 Å². The summed E-state index contributed by atoms with van der Waals surface area (Å²) in [4.78, 5) is 12.4. The quantitative estimate of drug-likeness (QED) is 0.792. The topological polar surface area (TPSA) is 71.8 Å². The maximum atomic E-state index is 12.4. The van der Waals surface area contributed by atoms with Crippen molar-refractivity contribution >= 4 is 11.7 Å². The molecule has 4 aliphatic carbocycles. The molecule has 6 heteroatoms. The summed E-state index contributed by atoms with van der Waals surface area (Å²) in [6.45, 7) is 1.36. The summed E-state index contributed by atoms with van der Waals surface area (Å²) in [6.07, 6.45) is 11.8. The standard InChI is InChI=1S/C24H31N5O/c30-23(25-15-22-28-27-21-3-1-2-8-29(21)22)26-20-6-4-19(5-7-20)24-12-16-9-17(13-24)11-18(10-16)14-24/h4-7,16-18H,1-3,8-15H2,(H2,25,26,30). The second-order valence-corrected chi connectivity index (χ2v) is 10.2. The summed E-state index contributed by atoms with van der Waals surface area (Å²) in [6, 6.07) is 8.49. The number of rotatable bonds is 4. The van der Waals surface area contributed by atoms with Gasteiger partial charge < -0.3 is 15.2 Å². The van der Waals surface area contributed by atoms with Crippen molar-refractivity contribution in [2.75, 3.05) is 5.32 Å². The Labute approximate surface area is 177 Å². The molecule has 0 atom stereocenters. The van der Waals surface area contributed by atoms with Crippen LogP contribution in [-0.2, 0) is 24.9 Å². The third-order valence-electron chi connectivity index (χ3n) is 8.14. The molecule has 7 rings (SSSR count). The first-order valence-electron chi connectivity index (χ1n) is 11.7. The highest BCUT2D eigenvalue weighted by Gasteiger charge is 2.51. The van der Waals surface area contributed by atoms with E-state index < -0.39 is 0 Å². The normalized spacial score (nSPS) is 31.4. The van der Waals surface area contributed by atoms with Crippen LogP contribution in [0, 0.1) is 17.8 Å². The van der Waals surface area contributed by atoms with Gasteiger partial charge >= 0.3 is 6.03 Å². The molecule has 158 valence electrons. The number of nitrogens with zero attached hydrogens (tertiary/aromatic N) is 3. The molecule has 30 heavy (non-hydrogen) atoms. The van der Waals surface area contributed by atoms with Crippen LogP contribution < -0.4 is 10.6 Å². The van der Waals surface area contributed by atoms with Crippen molar-refractivity contribution in [2.24, 2.45) is 17.8 Å². The fraction of sp³-hybridized carbons (Fsp3) is 0.625. The zero-order chi connectivity index (χ0) is 20.1. The number of aromatic nitrogens is 3. The molecule has 0 unspecified atom stereocenters. The van der Waals surface area contributed by atoms with Crippen molar-refractivity contribution < 1.29 is 4.79 Å². The Morgan fingerprint density at radius 3 is 2.40 bits per heavy atom. The van der Waals surface area contributed by atoms with Crippen molar-refractivity contribution in [3.63, 3.8) is 0 Å². The van der Waals surface area contributed by atoms with E-state index >= 15 is 0 Å². The van der Waals surface area contributed by atoms with Gasteiger partial charge in [0, 0.05) is 18.7 Å². The van der Waals surface area contributed by atoms with Crippen LogP contribution in [0.4, 0.5) is 10.5 Å². The Morgan fingerprint density at radius 2 is 1.70 bits per heavy atom. The van der Waals surface area contributed by atoms with Gasteiger partial charge in [-0.05, 0) is 92.2 Å². The summed E-state index contributed by atoms with van der Waals surface area (Å²) >= 11 is 0. The van der Waals surface area contributed by atoms with Gasteiger partial charge in [-0.15, -0.1) is 10.2 Å². The Kier molecular flexibility index (Phi) is 4.36. The monoisotopic (exact) mass is 405 g/mol. The molecule has 2 heterocycles. The van der Waals surface area contributed by atoms with E-state index in [1.165, 1.54) is 50.5 Å². The fourth-order valence-corrected chi connectivity index (χ4v) is 7.21. The van der Waals surface area contributed by atoms with Crippen LogP contribution >= 0.6 is 0 Å². The van der Waals surface area contributed by atoms with Gasteiger partial charge in [0.15, 0.2) is 5.82 Å². The van der Waals surface area contributed by atoms with E-state index in [1.54, 1.807) is 0 Å². The molecule has 0 spiro atoms. The highest BCUT2D eigenvalue weighted by atomic mass is 16.2. The van der Waals surface area contributed by atoms with Crippen molar-refractivity contribution in [1.82, 2.24) is 20.1 Å². The molecule has 1 aliphatic heterocycles. The van der Waals surface area contributed by atoms with Gasteiger partial charge in [-0.1, -0.05) is 12.1 Å². The first-order chi connectivity index (χ1) is 14.7. The van der Waals surface area contributed by atoms with Crippen LogP contribution in [0.5, 0.6) is 0 Å². The van der Waals surface area contributed by atoms with Gasteiger partial charge in [0.05, 0.1) is 6.54 Å². The molecule has 5 aliphatic rings. The summed E-state index contributed by atoms with van der Waals surface area (Å²) in [7, 11) is 0. The van der Waals surface area contributed by atoms with Crippen LogP contribution in [-0.4, -0.2) is 20.8 Å². The lowest BCUT2D eigenvalue weighted by molar-refractivity contribution is -0.00518. The second-order valence-electron chi connectivity index (χ2n) is 10.2. The average molecular weight is 406 g/mol. The van der Waals surface area contributed by atoms with Gasteiger partial charge in [0.2, 0.25) is 0 Å². The average Bonchev–Trinajstić information content (AvgIpc) is 3.15.